The van der Waals surface area contributed by atoms with Crippen molar-refractivity contribution in [1.82, 2.24) is 5.16 Å². The van der Waals surface area contributed by atoms with Crippen molar-refractivity contribution < 1.29 is 27.9 Å². The molecule has 6 nitrogen and oxygen atoms in total. The minimum absolute atomic E-state index is 0.0409. The quantitative estimate of drug-likeness (QED) is 0.898. The lowest BCUT2D eigenvalue weighted by Crippen LogP contribution is -2.15. The lowest BCUT2D eigenvalue weighted by molar-refractivity contribution is -0.0467. The van der Waals surface area contributed by atoms with Gasteiger partial charge in [0.05, 0.1) is 24.7 Å². The van der Waals surface area contributed by atoms with Crippen molar-refractivity contribution in [2.45, 2.75) is 19.3 Å². The number of halogens is 2. The molecule has 2 N–H and O–H groups in total. The molecule has 0 spiro atoms. The number of nitrogens with zero attached hydrogens (tertiary/aromatic N) is 1. The van der Waals surface area contributed by atoms with Crippen LogP contribution in [0.1, 0.15) is 18.8 Å². The standard InChI is InChI=1S/C13H14F2N2O4/c1-6(18)5-16-12-8-4-7(13-19-2-3-20-13)9(14)10(15)11(8)21-17-12/h4,6,13,18H,2-3,5H2,1H3,(H,16,17). The van der Waals surface area contributed by atoms with Crippen molar-refractivity contribution in [2.24, 2.45) is 0 Å². The van der Waals surface area contributed by atoms with Gasteiger partial charge in [-0.1, -0.05) is 5.16 Å². The molecule has 21 heavy (non-hydrogen) atoms. The maximum atomic E-state index is 14.0. The topological polar surface area (TPSA) is 76.8 Å². The molecule has 0 amide bonds. The van der Waals surface area contributed by atoms with Crippen LogP contribution in [0.3, 0.4) is 0 Å². The van der Waals surface area contributed by atoms with Crippen LogP contribution in [-0.4, -0.2) is 36.1 Å². The number of hydrogen-bond donors (Lipinski definition) is 2. The van der Waals surface area contributed by atoms with Crippen LogP contribution in [0.5, 0.6) is 0 Å². The van der Waals surface area contributed by atoms with Gasteiger partial charge in [-0.2, -0.15) is 4.39 Å². The summed E-state index contributed by atoms with van der Waals surface area (Å²) in [6, 6.07) is 1.38. The maximum Gasteiger partial charge on any atom is 0.207 e. The van der Waals surface area contributed by atoms with Crippen molar-refractivity contribution in [3.05, 3.63) is 23.3 Å². The summed E-state index contributed by atoms with van der Waals surface area (Å²) in [5, 5.41) is 16.0. The van der Waals surface area contributed by atoms with Crippen molar-refractivity contribution in [2.75, 3.05) is 25.1 Å². The second kappa shape index (κ2) is 5.55. The number of anilines is 1. The Morgan fingerprint density at radius 3 is 2.76 bits per heavy atom. The summed E-state index contributed by atoms with van der Waals surface area (Å²) in [6.45, 7) is 2.43. The van der Waals surface area contributed by atoms with E-state index in [1.165, 1.54) is 6.07 Å². The van der Waals surface area contributed by atoms with Gasteiger partial charge in [0.1, 0.15) is 0 Å². The second-order valence-corrected chi connectivity index (χ2v) is 4.81. The highest BCUT2D eigenvalue weighted by Gasteiger charge is 2.28. The largest absolute Gasteiger partial charge is 0.392 e. The first-order valence-electron chi connectivity index (χ1n) is 6.50. The lowest BCUT2D eigenvalue weighted by atomic mass is 10.1. The second-order valence-electron chi connectivity index (χ2n) is 4.81. The first-order chi connectivity index (χ1) is 10.1. The molecule has 114 valence electrons. The molecule has 1 saturated heterocycles. The molecule has 0 bridgehead atoms. The predicted octanol–water partition coefficient (Wildman–Crippen LogP) is 1.94. The van der Waals surface area contributed by atoms with Crippen molar-refractivity contribution in [3.8, 4) is 0 Å². The zero-order chi connectivity index (χ0) is 15.0. The molecule has 0 aliphatic carbocycles. The van der Waals surface area contributed by atoms with E-state index in [1.807, 2.05) is 0 Å². The van der Waals surface area contributed by atoms with Crippen LogP contribution < -0.4 is 5.32 Å². The highest BCUT2D eigenvalue weighted by molar-refractivity contribution is 5.89. The first-order valence-corrected chi connectivity index (χ1v) is 6.50. The molecule has 1 aliphatic rings. The average Bonchev–Trinajstić information content (AvgIpc) is 3.09. The number of aromatic nitrogens is 1. The molecule has 0 radical (unpaired) electrons. The zero-order valence-electron chi connectivity index (χ0n) is 11.2. The molecule has 1 unspecified atom stereocenters. The Labute approximate surface area is 118 Å². The molecule has 1 atom stereocenters. The Morgan fingerprint density at radius 1 is 1.38 bits per heavy atom. The van der Waals surface area contributed by atoms with Crippen LogP contribution in [0.25, 0.3) is 11.0 Å². The van der Waals surface area contributed by atoms with E-state index in [1.54, 1.807) is 6.92 Å². The molecule has 1 fully saturated rings. The van der Waals surface area contributed by atoms with Crippen LogP contribution in [0.15, 0.2) is 10.6 Å². The molecule has 0 saturated carbocycles. The van der Waals surface area contributed by atoms with Gasteiger partial charge in [0.15, 0.2) is 17.9 Å². The van der Waals surface area contributed by atoms with Gasteiger partial charge >= 0.3 is 0 Å². The maximum absolute atomic E-state index is 14.0. The molecule has 2 heterocycles. The van der Waals surface area contributed by atoms with E-state index in [9.17, 15) is 13.9 Å². The first kappa shape index (κ1) is 14.2. The third-order valence-corrected chi connectivity index (χ3v) is 3.11. The van der Waals surface area contributed by atoms with Crippen LogP contribution in [0.4, 0.5) is 14.6 Å². The minimum atomic E-state index is -1.14. The summed E-state index contributed by atoms with van der Waals surface area (Å²) in [4.78, 5) is 0. The summed E-state index contributed by atoms with van der Waals surface area (Å²) in [7, 11) is 0. The van der Waals surface area contributed by atoms with E-state index in [-0.39, 0.29) is 28.9 Å². The number of hydrogen-bond acceptors (Lipinski definition) is 6. The van der Waals surface area contributed by atoms with E-state index in [0.717, 1.165) is 0 Å². The fourth-order valence-electron chi connectivity index (χ4n) is 2.12. The minimum Gasteiger partial charge on any atom is -0.392 e. The Balaban J connectivity index is 2.04. The Kier molecular flexibility index (Phi) is 3.75. The fourth-order valence-corrected chi connectivity index (χ4v) is 2.12. The fraction of sp³-hybridized carbons (Fsp3) is 0.462. The summed E-state index contributed by atoms with van der Waals surface area (Å²) in [5.74, 6) is -1.99. The van der Waals surface area contributed by atoms with Gasteiger partial charge in [-0.05, 0) is 13.0 Å². The van der Waals surface area contributed by atoms with Crippen molar-refractivity contribution >= 4 is 16.8 Å². The van der Waals surface area contributed by atoms with E-state index in [4.69, 9.17) is 14.0 Å². The molecule has 1 aromatic carbocycles. The smallest absolute Gasteiger partial charge is 0.207 e. The van der Waals surface area contributed by atoms with Gasteiger partial charge in [-0.25, -0.2) is 4.39 Å². The number of nitrogens with one attached hydrogen (secondary N) is 1. The molecule has 1 aliphatic heterocycles. The number of ether oxygens (including phenoxy) is 2. The normalized spacial score (nSPS) is 17.5. The van der Waals surface area contributed by atoms with Crippen molar-refractivity contribution in [1.29, 1.82) is 0 Å². The van der Waals surface area contributed by atoms with Gasteiger partial charge in [0, 0.05) is 12.1 Å². The van der Waals surface area contributed by atoms with Crippen LogP contribution >= 0.6 is 0 Å². The van der Waals surface area contributed by atoms with Gasteiger partial charge in [0.2, 0.25) is 11.4 Å². The summed E-state index contributed by atoms with van der Waals surface area (Å²) >= 11 is 0. The molecule has 3 rings (SSSR count). The predicted molar refractivity (Wildman–Crippen MR) is 68.7 cm³/mol. The highest BCUT2D eigenvalue weighted by atomic mass is 19.2. The highest BCUT2D eigenvalue weighted by Crippen LogP contribution is 2.34. The SMILES string of the molecule is CC(O)CNc1noc2c(F)c(F)c(C3OCCO3)cc12. The molecular formula is C13H14F2N2O4. The number of aliphatic hydroxyl groups excluding tert-OH is 1. The summed E-state index contributed by atoms with van der Waals surface area (Å²) in [6.07, 6.45) is -1.56. The van der Waals surface area contributed by atoms with Crippen molar-refractivity contribution in [3.63, 3.8) is 0 Å². The monoisotopic (exact) mass is 300 g/mol. The van der Waals surface area contributed by atoms with Gasteiger partial charge < -0.3 is 24.4 Å². The lowest BCUT2D eigenvalue weighted by Gasteiger charge is -2.11. The van der Waals surface area contributed by atoms with E-state index in [0.29, 0.717) is 13.2 Å². The summed E-state index contributed by atoms with van der Waals surface area (Å²) in [5.41, 5.74) is -0.330. The van der Waals surface area contributed by atoms with Gasteiger partial charge in [-0.3, -0.25) is 0 Å². The van der Waals surface area contributed by atoms with E-state index < -0.39 is 24.0 Å². The molecule has 8 heteroatoms. The van der Waals surface area contributed by atoms with E-state index >= 15 is 0 Å². The number of benzene rings is 1. The molecular weight excluding hydrogens is 286 g/mol. The summed E-state index contributed by atoms with van der Waals surface area (Å²) < 4.78 is 43.3. The van der Waals surface area contributed by atoms with Gasteiger partial charge in [-0.15, -0.1) is 0 Å². The Bertz CT molecular complexity index is 653. The van der Waals surface area contributed by atoms with Crippen LogP contribution in [0.2, 0.25) is 0 Å². The van der Waals surface area contributed by atoms with Crippen LogP contribution in [0, 0.1) is 11.6 Å². The average molecular weight is 300 g/mol. The Morgan fingerprint density at radius 2 is 2.10 bits per heavy atom. The van der Waals surface area contributed by atoms with Gasteiger partial charge in [0.25, 0.3) is 0 Å². The number of rotatable bonds is 4. The zero-order valence-corrected chi connectivity index (χ0v) is 11.2. The number of fused-ring (bicyclic) bond motifs is 1. The van der Waals surface area contributed by atoms with Crippen LogP contribution in [-0.2, 0) is 9.47 Å². The molecule has 2 aromatic rings. The van der Waals surface area contributed by atoms with E-state index in [2.05, 4.69) is 10.5 Å². The third-order valence-electron chi connectivity index (χ3n) is 3.11. The third kappa shape index (κ3) is 2.57. The number of aliphatic hydroxyl groups is 1. The Hall–Kier alpha value is -1.77. The molecule has 1 aromatic heterocycles.